The summed E-state index contributed by atoms with van der Waals surface area (Å²) >= 11 is 0. The number of nitrogens with zero attached hydrogens (tertiary/aromatic N) is 2. The Hall–Kier alpha value is 0.274. The maximum absolute atomic E-state index is 9.60. The topological polar surface area (TPSA) is 38.0 Å². The van der Waals surface area contributed by atoms with Crippen LogP contribution in [0, 0.1) is 13.0 Å². The fraction of sp³-hybridized carbons (Fsp3) is 0.700. The first kappa shape index (κ1) is 14.3. The Morgan fingerprint density at radius 1 is 1.50 bits per heavy atom. The van der Waals surface area contributed by atoms with Crippen LogP contribution in [0.2, 0.25) is 0 Å². The van der Waals surface area contributed by atoms with E-state index in [0.717, 1.165) is 17.8 Å². The number of aliphatic hydroxyl groups is 1. The van der Waals surface area contributed by atoms with Crippen molar-refractivity contribution in [3.8, 4) is 0 Å². The summed E-state index contributed by atoms with van der Waals surface area (Å²) in [5, 5.41) is 13.9. The van der Waals surface area contributed by atoms with Crippen LogP contribution < -0.4 is 0 Å². The molecule has 1 radical (unpaired) electrons. The third-order valence-electron chi connectivity index (χ3n) is 1.83. The molecule has 0 atom stereocenters. The Labute approximate surface area is 111 Å². The molecule has 1 heterocycles. The average molecular weight is 270 g/mol. The molecule has 0 aliphatic carbocycles. The first-order chi connectivity index (χ1) is 5.92. The van der Waals surface area contributed by atoms with Crippen molar-refractivity contribution in [2.24, 2.45) is 0 Å². The summed E-state index contributed by atoms with van der Waals surface area (Å²) in [4.78, 5) is 0. The molecular weight excluding hydrogens is 253 g/mol. The molecule has 0 fully saturated rings. The smallest absolute Gasteiger partial charge is 0.0785 e. The molecule has 0 saturated carbocycles. The summed E-state index contributed by atoms with van der Waals surface area (Å²) in [5.41, 5.74) is 1.23. The van der Waals surface area contributed by atoms with Crippen molar-refractivity contribution in [1.82, 2.24) is 9.78 Å². The number of aromatic nitrogens is 2. The third kappa shape index (κ3) is 4.20. The van der Waals surface area contributed by atoms with Gasteiger partial charge in [-0.1, -0.05) is 13.8 Å². The van der Waals surface area contributed by atoms with Crippen molar-refractivity contribution >= 4 is 0 Å². The van der Waals surface area contributed by atoms with Crippen molar-refractivity contribution < 1.29 is 37.8 Å². The van der Waals surface area contributed by atoms with Crippen LogP contribution in [-0.2, 0) is 45.7 Å². The number of rotatable bonds is 3. The summed E-state index contributed by atoms with van der Waals surface area (Å²) in [5.74, 6) is 0. The van der Waals surface area contributed by atoms with Gasteiger partial charge >= 0.3 is 0 Å². The van der Waals surface area contributed by atoms with E-state index in [1.165, 1.54) is 0 Å². The van der Waals surface area contributed by atoms with Gasteiger partial charge in [-0.2, -0.15) is 0 Å². The molecule has 4 heteroatoms. The van der Waals surface area contributed by atoms with Crippen LogP contribution in [-0.4, -0.2) is 20.5 Å². The Bertz CT molecular complexity index is 289. The summed E-state index contributed by atoms with van der Waals surface area (Å²) in [6.45, 7) is 8.08. The molecule has 0 amide bonds. The van der Waals surface area contributed by atoms with E-state index in [1.807, 2.05) is 13.8 Å². The maximum Gasteiger partial charge on any atom is 0.0785 e. The molecule has 0 saturated heterocycles. The minimum Gasteiger partial charge on any atom is -0.426 e. The molecular formula is C10H17N2OY-. The third-order valence-corrected chi connectivity index (χ3v) is 1.83. The minimum absolute atomic E-state index is 0. The van der Waals surface area contributed by atoms with Crippen molar-refractivity contribution in [3.63, 3.8) is 0 Å². The summed E-state index contributed by atoms with van der Waals surface area (Å²) in [6, 6.07) is 3.16. The Kier molecular flexibility index (Phi) is 5.49. The monoisotopic (exact) mass is 270 g/mol. The number of aryl methyl sites for hydroxylation is 2. The number of hydrogen-bond acceptors (Lipinski definition) is 2. The second kappa shape index (κ2) is 5.38. The van der Waals surface area contributed by atoms with Gasteiger partial charge in [0.25, 0.3) is 0 Å². The Balaban J connectivity index is 0.00000169. The van der Waals surface area contributed by atoms with Crippen molar-refractivity contribution in [2.45, 2.75) is 46.3 Å². The molecule has 3 nitrogen and oxygen atoms in total. The van der Waals surface area contributed by atoms with E-state index in [2.05, 4.69) is 11.2 Å². The first-order valence-electron chi connectivity index (χ1n) is 4.60. The largest absolute Gasteiger partial charge is 0.426 e. The normalized spacial score (nSPS) is 11.2. The van der Waals surface area contributed by atoms with Crippen LogP contribution in [0.3, 0.4) is 0 Å². The van der Waals surface area contributed by atoms with Gasteiger partial charge in [0, 0.05) is 32.7 Å². The van der Waals surface area contributed by atoms with Crippen LogP contribution >= 0.6 is 0 Å². The molecule has 0 aliphatic rings. The van der Waals surface area contributed by atoms with Crippen LogP contribution in [0.25, 0.3) is 0 Å². The van der Waals surface area contributed by atoms with Gasteiger partial charge in [-0.05, 0) is 20.3 Å². The van der Waals surface area contributed by atoms with Crippen molar-refractivity contribution in [3.05, 3.63) is 17.5 Å². The van der Waals surface area contributed by atoms with Crippen LogP contribution in [0.1, 0.15) is 32.2 Å². The molecule has 1 aromatic rings. The first-order valence-corrected chi connectivity index (χ1v) is 4.60. The molecule has 0 unspecified atom stereocenters. The van der Waals surface area contributed by atoms with Crippen LogP contribution in [0.4, 0.5) is 0 Å². The van der Waals surface area contributed by atoms with Gasteiger partial charge in [0.15, 0.2) is 0 Å². The molecule has 14 heavy (non-hydrogen) atoms. The van der Waals surface area contributed by atoms with E-state index in [0.29, 0.717) is 6.54 Å². The molecule has 0 spiro atoms. The Morgan fingerprint density at radius 3 is 2.43 bits per heavy atom. The zero-order valence-electron chi connectivity index (χ0n) is 9.33. The van der Waals surface area contributed by atoms with Gasteiger partial charge in [-0.15, -0.1) is 11.4 Å². The van der Waals surface area contributed by atoms with Gasteiger partial charge in [0.05, 0.1) is 12.1 Å². The minimum atomic E-state index is -0.713. The summed E-state index contributed by atoms with van der Waals surface area (Å²) in [7, 11) is 0. The predicted molar refractivity (Wildman–Crippen MR) is 51.5 cm³/mol. The molecule has 0 aromatic carbocycles. The van der Waals surface area contributed by atoms with E-state index in [9.17, 15) is 5.11 Å². The average Bonchev–Trinajstić information content (AvgIpc) is 2.29. The maximum atomic E-state index is 9.60. The molecule has 1 rings (SSSR count). The predicted octanol–water partition coefficient (Wildman–Crippen LogP) is 1.32. The standard InChI is InChI=1S/C10H17N2O.Y/c1-5-9-6-8(2)12(11-9)7-10(3,4)13;/h13H,5,7H2,1-4H3;/q-1;. The SMILES string of the molecule is CCc1[c-]c(C)n(CC(C)(C)O)n1.[Y]. The van der Waals surface area contributed by atoms with E-state index in [1.54, 1.807) is 18.5 Å². The zero-order valence-corrected chi connectivity index (χ0v) is 12.2. The molecule has 1 aromatic heterocycles. The van der Waals surface area contributed by atoms with Crippen LogP contribution in [0.15, 0.2) is 0 Å². The molecule has 77 valence electrons. The van der Waals surface area contributed by atoms with E-state index >= 15 is 0 Å². The van der Waals surface area contributed by atoms with Crippen molar-refractivity contribution in [1.29, 1.82) is 0 Å². The van der Waals surface area contributed by atoms with Crippen LogP contribution in [0.5, 0.6) is 0 Å². The van der Waals surface area contributed by atoms with E-state index in [-0.39, 0.29) is 32.7 Å². The Morgan fingerprint density at radius 2 is 2.07 bits per heavy atom. The number of hydrogen-bond donors (Lipinski definition) is 1. The molecule has 0 aliphatic heterocycles. The van der Waals surface area contributed by atoms with Gasteiger partial charge in [-0.25, -0.2) is 5.10 Å². The van der Waals surface area contributed by atoms with Gasteiger partial charge in [-0.3, -0.25) is 0 Å². The molecule has 1 N–H and O–H groups in total. The summed E-state index contributed by atoms with van der Waals surface area (Å²) in [6.07, 6.45) is 0.889. The zero-order chi connectivity index (χ0) is 10.1. The fourth-order valence-corrected chi connectivity index (χ4v) is 1.20. The summed E-state index contributed by atoms with van der Waals surface area (Å²) < 4.78 is 1.80. The van der Waals surface area contributed by atoms with Gasteiger partial charge in [0.2, 0.25) is 0 Å². The van der Waals surface area contributed by atoms with Gasteiger partial charge in [0.1, 0.15) is 0 Å². The second-order valence-corrected chi connectivity index (χ2v) is 3.98. The van der Waals surface area contributed by atoms with Gasteiger partial charge < -0.3 is 15.9 Å². The quantitative estimate of drug-likeness (QED) is 0.841. The second-order valence-electron chi connectivity index (χ2n) is 3.98. The van der Waals surface area contributed by atoms with E-state index < -0.39 is 5.60 Å². The fourth-order valence-electron chi connectivity index (χ4n) is 1.20. The van der Waals surface area contributed by atoms with E-state index in [4.69, 9.17) is 0 Å². The molecule has 0 bridgehead atoms. The van der Waals surface area contributed by atoms with Crippen molar-refractivity contribution in [2.75, 3.05) is 0 Å².